The fourth-order valence-corrected chi connectivity index (χ4v) is 6.67. The van der Waals surface area contributed by atoms with Crippen LogP contribution in [-0.2, 0) is 9.40 Å². The van der Waals surface area contributed by atoms with Crippen molar-refractivity contribution in [3.05, 3.63) is 0 Å². The summed E-state index contributed by atoms with van der Waals surface area (Å²) in [6.45, 7) is 12.9. The van der Waals surface area contributed by atoms with Crippen LogP contribution < -0.4 is 0 Å². The molecule has 0 aromatic rings. The van der Waals surface area contributed by atoms with Crippen LogP contribution in [0.1, 0.15) is 125 Å². The molecule has 0 amide bonds. The maximum Gasteiger partial charge on any atom is 0.388 e. The van der Waals surface area contributed by atoms with Gasteiger partial charge in [-0.15, -0.1) is 0 Å². The Balaban J connectivity index is 5.68. The summed E-state index contributed by atoms with van der Waals surface area (Å²) in [5.41, 5.74) is 0. The molecule has 0 aromatic heterocycles. The minimum Gasteiger partial charge on any atom is -0.393 e. The first kappa shape index (κ1) is 31.0. The minimum absolute atomic E-state index is 0.0294. The van der Waals surface area contributed by atoms with Crippen molar-refractivity contribution in [2.45, 2.75) is 143 Å². The Hall–Kier alpha value is 0.0300. The van der Waals surface area contributed by atoms with E-state index < -0.39 is 19.0 Å². The first-order valence-electron chi connectivity index (χ1n) is 12.9. The maximum atomic E-state index is 13.0. The van der Waals surface area contributed by atoms with E-state index in [-0.39, 0.29) is 23.6 Å². The maximum absolute atomic E-state index is 13.0. The quantitative estimate of drug-likeness (QED) is 0.0822. The number of hydrogen-bond donors (Lipinski definition) is 3. The van der Waals surface area contributed by atoms with Crippen molar-refractivity contribution in [2.75, 3.05) is 13.1 Å². The van der Waals surface area contributed by atoms with E-state index in [0.717, 1.165) is 32.1 Å². The van der Waals surface area contributed by atoms with Gasteiger partial charge >= 0.3 is 7.60 Å². The molecular weight excluding hydrogens is 413 g/mol. The van der Waals surface area contributed by atoms with Gasteiger partial charge in [0.25, 0.3) is 0 Å². The van der Waals surface area contributed by atoms with Gasteiger partial charge in [-0.25, -0.2) is 0 Å². The molecule has 0 aliphatic heterocycles. The zero-order valence-electron chi connectivity index (χ0n) is 21.3. The molecule has 6 nitrogen and oxygen atoms in total. The fourth-order valence-electron chi connectivity index (χ4n) is 5.03. The van der Waals surface area contributed by atoms with Gasteiger partial charge in [-0.3, -0.25) is 4.57 Å². The van der Waals surface area contributed by atoms with E-state index >= 15 is 0 Å². The lowest BCUT2D eigenvalue weighted by atomic mass is 10.0. The average molecular weight is 467 g/mol. The molecule has 7 heteroatoms. The Morgan fingerprint density at radius 1 is 0.871 bits per heavy atom. The second-order valence-corrected chi connectivity index (χ2v) is 11.2. The van der Waals surface area contributed by atoms with Crippen LogP contribution in [0.4, 0.5) is 0 Å². The highest BCUT2D eigenvalue weighted by Crippen LogP contribution is 2.60. The zero-order valence-corrected chi connectivity index (χ0v) is 22.2. The lowest BCUT2D eigenvalue weighted by Gasteiger charge is -2.51. The van der Waals surface area contributed by atoms with E-state index in [1.54, 1.807) is 6.92 Å². The van der Waals surface area contributed by atoms with Crippen molar-refractivity contribution in [3.8, 4) is 0 Å². The van der Waals surface area contributed by atoms with Crippen LogP contribution in [0.5, 0.6) is 0 Å². The van der Waals surface area contributed by atoms with Crippen LogP contribution in [0, 0.1) is 0 Å². The smallest absolute Gasteiger partial charge is 0.388 e. The molecule has 3 N–H and O–H groups in total. The molecule has 0 fully saturated rings. The molecule has 0 aliphatic carbocycles. The van der Waals surface area contributed by atoms with E-state index in [9.17, 15) is 19.5 Å². The SMILES string of the molecule is CCCCCCCCCC(CC)O[N+](CCC)(CCC)C(CC)(CC(C)O)P(=O)(O)O. The Bertz CT molecular complexity index is 490. The first-order chi connectivity index (χ1) is 14.6. The summed E-state index contributed by atoms with van der Waals surface area (Å²) in [5.74, 6) is 0. The van der Waals surface area contributed by atoms with E-state index in [4.69, 9.17) is 4.84 Å². The van der Waals surface area contributed by atoms with Gasteiger partial charge in [0.2, 0.25) is 5.28 Å². The van der Waals surface area contributed by atoms with Crippen molar-refractivity contribution in [1.82, 2.24) is 0 Å². The highest BCUT2D eigenvalue weighted by molar-refractivity contribution is 7.53. The van der Waals surface area contributed by atoms with Crippen molar-refractivity contribution >= 4 is 7.60 Å². The number of quaternary nitrogens is 1. The van der Waals surface area contributed by atoms with Crippen molar-refractivity contribution in [2.24, 2.45) is 0 Å². The van der Waals surface area contributed by atoms with Gasteiger partial charge in [0, 0.05) is 12.8 Å². The lowest BCUT2D eigenvalue weighted by molar-refractivity contribution is -1.14. The average Bonchev–Trinajstić information content (AvgIpc) is 2.69. The summed E-state index contributed by atoms with van der Waals surface area (Å²) >= 11 is 0. The number of rotatable bonds is 20. The Kier molecular flexibility index (Phi) is 15.8. The number of aliphatic hydroxyl groups excluding tert-OH is 1. The Morgan fingerprint density at radius 2 is 1.39 bits per heavy atom. The summed E-state index contributed by atoms with van der Waals surface area (Å²) in [7, 11) is -4.57. The number of aliphatic hydroxyl groups is 1. The predicted octanol–water partition coefficient (Wildman–Crippen LogP) is 6.53. The molecular formula is C24H53NO5P+. The Morgan fingerprint density at radius 3 is 1.77 bits per heavy atom. The summed E-state index contributed by atoms with van der Waals surface area (Å²) in [6.07, 6.45) is 11.3. The highest BCUT2D eigenvalue weighted by atomic mass is 31.2. The molecule has 3 unspecified atom stereocenters. The van der Waals surface area contributed by atoms with Gasteiger partial charge < -0.3 is 14.9 Å². The standard InChI is InChI=1S/C24H52NO5P/c1-7-12-13-14-15-16-17-18-23(10-4)30-25(19-8-2,20-9-3)24(11-5,21-22(6)26)31(27,28)29/h22-23,26H,7-21H2,1-6H3,(H-,27,28,29)/p+1. The number of hydrogen-bond acceptors (Lipinski definition) is 3. The molecule has 188 valence electrons. The van der Waals surface area contributed by atoms with Crippen LogP contribution in [-0.4, -0.2) is 50.1 Å². The second kappa shape index (κ2) is 15.8. The van der Waals surface area contributed by atoms with Crippen molar-refractivity contribution in [1.29, 1.82) is 0 Å². The summed E-state index contributed by atoms with van der Waals surface area (Å²) < 4.78 is 12.9. The zero-order chi connectivity index (χ0) is 24.0. The van der Waals surface area contributed by atoms with Gasteiger partial charge in [-0.2, -0.15) is 9.48 Å². The topological polar surface area (TPSA) is 87.0 Å². The van der Waals surface area contributed by atoms with Crippen LogP contribution in [0.3, 0.4) is 0 Å². The molecule has 0 saturated heterocycles. The molecule has 0 heterocycles. The van der Waals surface area contributed by atoms with Gasteiger partial charge in [0.15, 0.2) is 0 Å². The fraction of sp³-hybridized carbons (Fsp3) is 1.00. The van der Waals surface area contributed by atoms with Crippen LogP contribution in [0.2, 0.25) is 0 Å². The predicted molar refractivity (Wildman–Crippen MR) is 130 cm³/mol. The normalized spacial score (nSPS) is 16.8. The molecule has 0 bridgehead atoms. The van der Waals surface area contributed by atoms with Crippen LogP contribution >= 0.6 is 7.60 Å². The summed E-state index contributed by atoms with van der Waals surface area (Å²) in [6, 6.07) is 0. The molecule has 3 atom stereocenters. The molecule has 0 aliphatic rings. The van der Waals surface area contributed by atoms with Crippen molar-refractivity contribution in [3.63, 3.8) is 0 Å². The van der Waals surface area contributed by atoms with E-state index in [0.29, 0.717) is 13.1 Å². The summed E-state index contributed by atoms with van der Waals surface area (Å²) in [5, 5.41) is 8.80. The van der Waals surface area contributed by atoms with Gasteiger partial charge in [0.1, 0.15) is 19.2 Å². The Labute approximate surface area is 192 Å². The van der Waals surface area contributed by atoms with Crippen LogP contribution in [0.25, 0.3) is 0 Å². The van der Waals surface area contributed by atoms with Gasteiger partial charge in [-0.1, -0.05) is 79.6 Å². The molecule has 0 spiro atoms. The third-order valence-electron chi connectivity index (χ3n) is 6.59. The number of hydroxylamine groups is 3. The highest BCUT2D eigenvalue weighted by Gasteiger charge is 2.63. The van der Waals surface area contributed by atoms with E-state index in [1.807, 2.05) is 20.8 Å². The second-order valence-electron chi connectivity index (χ2n) is 9.32. The molecule has 31 heavy (non-hydrogen) atoms. The third kappa shape index (κ3) is 9.43. The monoisotopic (exact) mass is 466 g/mol. The summed E-state index contributed by atoms with van der Waals surface area (Å²) in [4.78, 5) is 27.9. The molecule has 0 radical (unpaired) electrons. The largest absolute Gasteiger partial charge is 0.393 e. The number of nitrogens with zero attached hydrogens (tertiary/aromatic N) is 1. The van der Waals surface area contributed by atoms with E-state index in [2.05, 4.69) is 13.8 Å². The molecule has 0 rings (SSSR count). The molecule has 0 aromatic carbocycles. The molecule has 0 saturated carbocycles. The minimum atomic E-state index is -4.57. The van der Waals surface area contributed by atoms with E-state index in [1.165, 1.54) is 38.5 Å². The van der Waals surface area contributed by atoms with Gasteiger partial charge in [-0.05, 0) is 32.6 Å². The van der Waals surface area contributed by atoms with Crippen molar-refractivity contribution < 1.29 is 28.9 Å². The van der Waals surface area contributed by atoms with Gasteiger partial charge in [0.05, 0.1) is 6.10 Å². The lowest BCUT2D eigenvalue weighted by Crippen LogP contribution is -2.66. The van der Waals surface area contributed by atoms with Crippen LogP contribution in [0.15, 0.2) is 0 Å². The third-order valence-corrected chi connectivity index (χ3v) is 8.54. The number of unbranched alkanes of at least 4 members (excludes halogenated alkanes) is 6. The first-order valence-corrected chi connectivity index (χ1v) is 14.5.